The predicted molar refractivity (Wildman–Crippen MR) is 73.0 cm³/mol. The molecule has 17 heavy (non-hydrogen) atoms. The second kappa shape index (κ2) is 4.21. The van der Waals surface area contributed by atoms with Crippen LogP contribution < -0.4 is 0 Å². The normalized spacial score (nSPS) is 13.1. The molecule has 0 aliphatic rings. The van der Waals surface area contributed by atoms with Gasteiger partial charge < -0.3 is 4.42 Å². The van der Waals surface area contributed by atoms with Gasteiger partial charge in [0.15, 0.2) is 0 Å². The van der Waals surface area contributed by atoms with Crippen molar-refractivity contribution >= 4 is 33.0 Å². The summed E-state index contributed by atoms with van der Waals surface area (Å²) in [6.07, 6.45) is 1.69. The van der Waals surface area contributed by atoms with E-state index in [4.69, 9.17) is 16.0 Å². The number of furan rings is 1. The maximum atomic E-state index is 6.51. The average Bonchev–Trinajstić information content (AvgIpc) is 2.94. The Bertz CT molecular complexity index is 653. The highest BCUT2D eigenvalue weighted by Crippen LogP contribution is 2.38. The summed E-state index contributed by atoms with van der Waals surface area (Å²) in [6, 6.07) is 10.2. The SMILES string of the molecule is Cc1ccoc1C(Cl)c1csc2ccccc12. The summed E-state index contributed by atoms with van der Waals surface area (Å²) in [7, 11) is 0. The van der Waals surface area contributed by atoms with E-state index >= 15 is 0 Å². The molecule has 1 nitrogen and oxygen atoms in total. The van der Waals surface area contributed by atoms with Crippen LogP contribution in [-0.2, 0) is 0 Å². The van der Waals surface area contributed by atoms with Gasteiger partial charge in [-0.05, 0) is 40.9 Å². The molecular weight excluding hydrogens is 252 g/mol. The van der Waals surface area contributed by atoms with Crippen molar-refractivity contribution in [3.8, 4) is 0 Å². The molecule has 0 bridgehead atoms. The molecule has 0 spiro atoms. The van der Waals surface area contributed by atoms with E-state index in [1.54, 1.807) is 17.6 Å². The van der Waals surface area contributed by atoms with Gasteiger partial charge in [-0.1, -0.05) is 18.2 Å². The Balaban J connectivity index is 2.13. The molecule has 0 saturated carbocycles. The van der Waals surface area contributed by atoms with Crippen molar-refractivity contribution in [1.82, 2.24) is 0 Å². The third kappa shape index (κ3) is 1.78. The number of thiophene rings is 1. The summed E-state index contributed by atoms with van der Waals surface area (Å²) in [5, 5.41) is 3.12. The highest BCUT2D eigenvalue weighted by atomic mass is 35.5. The van der Waals surface area contributed by atoms with Crippen LogP contribution in [0.3, 0.4) is 0 Å². The van der Waals surface area contributed by atoms with Crippen molar-refractivity contribution in [1.29, 1.82) is 0 Å². The van der Waals surface area contributed by atoms with Crippen LogP contribution in [0.4, 0.5) is 0 Å². The van der Waals surface area contributed by atoms with Crippen molar-refractivity contribution in [3.05, 3.63) is 58.9 Å². The van der Waals surface area contributed by atoms with E-state index in [1.165, 1.54) is 10.1 Å². The summed E-state index contributed by atoms with van der Waals surface area (Å²) >= 11 is 8.23. The lowest BCUT2D eigenvalue weighted by Gasteiger charge is -2.06. The van der Waals surface area contributed by atoms with E-state index < -0.39 is 0 Å². The van der Waals surface area contributed by atoms with Crippen LogP contribution in [0.25, 0.3) is 10.1 Å². The minimum absolute atomic E-state index is 0.207. The molecule has 0 aliphatic heterocycles. The number of aryl methyl sites for hydroxylation is 1. The summed E-state index contributed by atoms with van der Waals surface area (Å²) in [6.45, 7) is 2.02. The molecule has 0 aliphatic carbocycles. The topological polar surface area (TPSA) is 13.1 Å². The van der Waals surface area contributed by atoms with Gasteiger partial charge in [0.1, 0.15) is 11.1 Å². The molecule has 0 amide bonds. The lowest BCUT2D eigenvalue weighted by atomic mass is 10.1. The van der Waals surface area contributed by atoms with Gasteiger partial charge >= 0.3 is 0 Å². The van der Waals surface area contributed by atoms with Gasteiger partial charge in [0.2, 0.25) is 0 Å². The van der Waals surface area contributed by atoms with Crippen molar-refractivity contribution in [2.45, 2.75) is 12.3 Å². The molecule has 2 heterocycles. The number of alkyl halides is 1. The van der Waals surface area contributed by atoms with Crippen LogP contribution in [0.5, 0.6) is 0 Å². The molecule has 0 radical (unpaired) electrons. The fourth-order valence-corrected chi connectivity index (χ4v) is 3.45. The molecule has 3 rings (SSSR count). The smallest absolute Gasteiger partial charge is 0.129 e. The number of hydrogen-bond donors (Lipinski definition) is 0. The monoisotopic (exact) mass is 262 g/mol. The number of hydrogen-bond acceptors (Lipinski definition) is 2. The van der Waals surface area contributed by atoms with E-state index in [0.717, 1.165) is 16.9 Å². The van der Waals surface area contributed by atoms with Crippen LogP contribution in [-0.4, -0.2) is 0 Å². The largest absolute Gasteiger partial charge is 0.467 e. The van der Waals surface area contributed by atoms with Gasteiger partial charge in [-0.25, -0.2) is 0 Å². The summed E-state index contributed by atoms with van der Waals surface area (Å²) < 4.78 is 6.73. The third-order valence-electron chi connectivity index (χ3n) is 2.92. The summed E-state index contributed by atoms with van der Waals surface area (Å²) in [5.74, 6) is 0.843. The molecule has 1 unspecified atom stereocenters. The maximum absolute atomic E-state index is 6.51. The van der Waals surface area contributed by atoms with Crippen molar-refractivity contribution in [2.75, 3.05) is 0 Å². The summed E-state index contributed by atoms with van der Waals surface area (Å²) in [5.41, 5.74) is 2.23. The van der Waals surface area contributed by atoms with E-state index in [1.807, 2.05) is 25.1 Å². The third-order valence-corrected chi connectivity index (χ3v) is 4.33. The highest BCUT2D eigenvalue weighted by Gasteiger charge is 2.19. The Hall–Kier alpha value is -1.25. The average molecular weight is 263 g/mol. The van der Waals surface area contributed by atoms with Gasteiger partial charge in [-0.2, -0.15) is 0 Å². The first kappa shape index (κ1) is 10.9. The minimum Gasteiger partial charge on any atom is -0.467 e. The number of halogens is 1. The van der Waals surface area contributed by atoms with Gasteiger partial charge in [0.25, 0.3) is 0 Å². The van der Waals surface area contributed by atoms with Gasteiger partial charge in [-0.15, -0.1) is 22.9 Å². The molecule has 3 aromatic rings. The lowest BCUT2D eigenvalue weighted by molar-refractivity contribution is 0.514. The predicted octanol–water partition coefficient (Wildman–Crippen LogP) is 5.13. The van der Waals surface area contributed by atoms with Crippen LogP contribution in [0, 0.1) is 6.92 Å². The van der Waals surface area contributed by atoms with Gasteiger partial charge in [0, 0.05) is 4.70 Å². The maximum Gasteiger partial charge on any atom is 0.129 e. The summed E-state index contributed by atoms with van der Waals surface area (Å²) in [4.78, 5) is 0. The lowest BCUT2D eigenvalue weighted by Crippen LogP contribution is -1.91. The highest BCUT2D eigenvalue weighted by molar-refractivity contribution is 7.17. The molecule has 0 fully saturated rings. The molecule has 3 heteroatoms. The van der Waals surface area contributed by atoms with Crippen molar-refractivity contribution in [3.63, 3.8) is 0 Å². The molecule has 1 aromatic carbocycles. The Morgan fingerprint density at radius 3 is 2.82 bits per heavy atom. The van der Waals surface area contributed by atoms with Gasteiger partial charge in [-0.3, -0.25) is 0 Å². The van der Waals surface area contributed by atoms with Crippen molar-refractivity contribution in [2.24, 2.45) is 0 Å². The van der Waals surface area contributed by atoms with Crippen LogP contribution in [0.2, 0.25) is 0 Å². The Labute approximate surface area is 109 Å². The Morgan fingerprint density at radius 1 is 1.24 bits per heavy atom. The van der Waals surface area contributed by atoms with E-state index in [2.05, 4.69) is 17.5 Å². The quantitative estimate of drug-likeness (QED) is 0.584. The van der Waals surface area contributed by atoms with E-state index in [0.29, 0.717) is 0 Å². The molecule has 1 atom stereocenters. The second-order valence-corrected chi connectivity index (χ2v) is 5.37. The fourth-order valence-electron chi connectivity index (χ4n) is 1.98. The molecule has 86 valence electrons. The van der Waals surface area contributed by atoms with Crippen molar-refractivity contribution < 1.29 is 4.42 Å². The Kier molecular flexibility index (Phi) is 2.69. The first-order chi connectivity index (χ1) is 8.27. The minimum atomic E-state index is -0.207. The first-order valence-corrected chi connectivity index (χ1v) is 6.73. The molecule has 0 N–H and O–H groups in total. The standard InChI is InChI=1S/C14H11ClOS/c1-9-6-7-16-14(9)13(15)11-8-17-12-5-3-2-4-10(11)12/h2-8,13H,1H3. The fraction of sp³-hybridized carbons (Fsp3) is 0.143. The van der Waals surface area contributed by atoms with Crippen LogP contribution in [0.1, 0.15) is 22.3 Å². The molecule has 2 aromatic heterocycles. The van der Waals surface area contributed by atoms with E-state index in [9.17, 15) is 0 Å². The zero-order valence-electron chi connectivity index (χ0n) is 9.31. The van der Waals surface area contributed by atoms with E-state index in [-0.39, 0.29) is 5.38 Å². The van der Waals surface area contributed by atoms with Crippen LogP contribution in [0.15, 0.2) is 46.4 Å². The zero-order chi connectivity index (χ0) is 11.8. The molecule has 0 saturated heterocycles. The first-order valence-electron chi connectivity index (χ1n) is 5.41. The number of fused-ring (bicyclic) bond motifs is 1. The second-order valence-electron chi connectivity index (χ2n) is 4.02. The molecular formula is C14H11ClOS. The van der Waals surface area contributed by atoms with Crippen LogP contribution >= 0.6 is 22.9 Å². The van der Waals surface area contributed by atoms with Gasteiger partial charge in [0.05, 0.1) is 6.26 Å². The Morgan fingerprint density at radius 2 is 2.06 bits per heavy atom. The number of rotatable bonds is 2. The zero-order valence-corrected chi connectivity index (χ0v) is 10.9. The number of benzene rings is 1.